The monoisotopic (exact) mass is 203 g/mol. The van der Waals surface area contributed by atoms with Crippen molar-refractivity contribution < 1.29 is 9.63 Å². The van der Waals surface area contributed by atoms with Crippen molar-refractivity contribution in [2.75, 3.05) is 0 Å². The molecule has 0 aliphatic rings. The zero-order valence-corrected chi connectivity index (χ0v) is 7.81. The summed E-state index contributed by atoms with van der Waals surface area (Å²) in [4.78, 5) is 15.2. The van der Waals surface area contributed by atoms with Gasteiger partial charge in [-0.3, -0.25) is 9.63 Å². The van der Waals surface area contributed by atoms with Gasteiger partial charge in [0, 0.05) is 13.5 Å². The quantitative estimate of drug-likeness (QED) is 0.455. The van der Waals surface area contributed by atoms with Gasteiger partial charge in [-0.05, 0) is 10.4 Å². The van der Waals surface area contributed by atoms with Crippen LogP contribution >= 0.6 is 12.6 Å². The van der Waals surface area contributed by atoms with Crippen LogP contribution in [0.5, 0.6) is 0 Å². The van der Waals surface area contributed by atoms with E-state index in [1.54, 1.807) is 7.05 Å². The van der Waals surface area contributed by atoms with E-state index in [0.29, 0.717) is 5.82 Å². The minimum Gasteiger partial charge on any atom is -0.292 e. The van der Waals surface area contributed by atoms with Gasteiger partial charge in [0.2, 0.25) is 5.12 Å². The molecule has 8 heteroatoms. The van der Waals surface area contributed by atoms with E-state index in [-0.39, 0.29) is 6.42 Å². The third-order valence-electron chi connectivity index (χ3n) is 1.52. The number of carbonyl (C=O) groups is 1. The van der Waals surface area contributed by atoms with E-state index in [1.807, 2.05) is 0 Å². The van der Waals surface area contributed by atoms with Crippen LogP contribution in [-0.2, 0) is 23.1 Å². The molecular weight excluding hydrogens is 194 g/mol. The second-order valence-corrected chi connectivity index (χ2v) is 2.83. The number of tetrazole rings is 1. The third kappa shape index (κ3) is 2.47. The molecule has 0 fully saturated rings. The van der Waals surface area contributed by atoms with Crippen LogP contribution in [0.1, 0.15) is 5.82 Å². The minimum atomic E-state index is -0.812. The number of hydrogen-bond donors (Lipinski definition) is 2. The number of carbonyl (C=O) groups excluding carboxylic acids is 1. The lowest BCUT2D eigenvalue weighted by molar-refractivity contribution is -0.121. The minimum absolute atomic E-state index is 0.211. The number of aromatic nitrogens is 4. The summed E-state index contributed by atoms with van der Waals surface area (Å²) in [5, 5.41) is 10.2. The molecule has 0 radical (unpaired) electrons. The highest BCUT2D eigenvalue weighted by Crippen LogP contribution is 2.02. The molecule has 0 bridgehead atoms. The van der Waals surface area contributed by atoms with Crippen LogP contribution in [0.4, 0.5) is 0 Å². The molecular formula is C5H9N5O2S. The van der Waals surface area contributed by atoms with Crippen LogP contribution in [0.2, 0.25) is 0 Å². The molecule has 0 saturated carbocycles. The summed E-state index contributed by atoms with van der Waals surface area (Å²) in [6, 6.07) is 0. The van der Waals surface area contributed by atoms with Crippen molar-refractivity contribution in [3.8, 4) is 0 Å². The highest BCUT2D eigenvalue weighted by Gasteiger charge is 2.18. The van der Waals surface area contributed by atoms with E-state index >= 15 is 0 Å². The summed E-state index contributed by atoms with van der Waals surface area (Å²) in [5.74, 6) is 5.40. The van der Waals surface area contributed by atoms with Gasteiger partial charge in [-0.1, -0.05) is 0 Å². The van der Waals surface area contributed by atoms with E-state index in [1.165, 1.54) is 4.68 Å². The van der Waals surface area contributed by atoms with Gasteiger partial charge < -0.3 is 0 Å². The molecule has 0 amide bonds. The Morgan fingerprint density at radius 2 is 2.54 bits per heavy atom. The van der Waals surface area contributed by atoms with Crippen molar-refractivity contribution in [2.45, 2.75) is 12.5 Å². The number of rotatable bonds is 4. The molecule has 0 spiro atoms. The van der Waals surface area contributed by atoms with Crippen molar-refractivity contribution in [1.29, 1.82) is 0 Å². The topological polar surface area (TPSA) is 95.9 Å². The maximum absolute atomic E-state index is 10.8. The Hall–Kier alpha value is -0.990. The Kier molecular flexibility index (Phi) is 3.34. The fourth-order valence-corrected chi connectivity index (χ4v) is 0.933. The molecule has 0 aliphatic heterocycles. The molecule has 0 aliphatic carbocycles. The Balaban J connectivity index is 2.67. The van der Waals surface area contributed by atoms with Crippen molar-refractivity contribution in [3.05, 3.63) is 5.82 Å². The molecule has 1 aromatic rings. The molecule has 1 atom stereocenters. The number of nitrogens with zero attached hydrogens (tertiary/aromatic N) is 4. The highest BCUT2D eigenvalue weighted by molar-refractivity contribution is 7.96. The van der Waals surface area contributed by atoms with Gasteiger partial charge in [-0.2, -0.15) is 0 Å². The van der Waals surface area contributed by atoms with Gasteiger partial charge in [0.15, 0.2) is 11.9 Å². The van der Waals surface area contributed by atoms with Crippen LogP contribution in [0.3, 0.4) is 0 Å². The summed E-state index contributed by atoms with van der Waals surface area (Å²) in [7, 11) is 1.66. The number of aryl methyl sites for hydroxylation is 1. The lowest BCUT2D eigenvalue weighted by Gasteiger charge is -2.07. The zero-order valence-electron chi connectivity index (χ0n) is 6.91. The molecule has 1 unspecified atom stereocenters. The first-order valence-electron chi connectivity index (χ1n) is 3.44. The summed E-state index contributed by atoms with van der Waals surface area (Å²) >= 11 is 3.60. The maximum Gasteiger partial charge on any atom is 0.217 e. The SMILES string of the molecule is Cn1nnnc1CC(ON)C(=O)S. The van der Waals surface area contributed by atoms with E-state index in [0.717, 1.165) is 0 Å². The first kappa shape index (κ1) is 10.1. The lowest BCUT2D eigenvalue weighted by Crippen LogP contribution is -2.27. The van der Waals surface area contributed by atoms with Gasteiger partial charge in [0.25, 0.3) is 0 Å². The number of hydrogen-bond acceptors (Lipinski definition) is 6. The maximum atomic E-state index is 10.8. The Labute approximate surface area is 79.6 Å². The largest absolute Gasteiger partial charge is 0.292 e. The first-order valence-corrected chi connectivity index (χ1v) is 3.89. The molecule has 1 aromatic heterocycles. The smallest absolute Gasteiger partial charge is 0.217 e. The van der Waals surface area contributed by atoms with E-state index in [2.05, 4.69) is 33.0 Å². The third-order valence-corrected chi connectivity index (χ3v) is 1.80. The van der Waals surface area contributed by atoms with Gasteiger partial charge in [0.1, 0.15) is 0 Å². The van der Waals surface area contributed by atoms with Gasteiger partial charge in [-0.25, -0.2) is 10.6 Å². The second-order valence-electron chi connectivity index (χ2n) is 2.39. The first-order chi connectivity index (χ1) is 6.15. The molecule has 72 valence electrons. The molecule has 1 rings (SSSR count). The summed E-state index contributed by atoms with van der Waals surface area (Å²) in [6.45, 7) is 0. The molecule has 2 N–H and O–H groups in total. The molecule has 7 nitrogen and oxygen atoms in total. The van der Waals surface area contributed by atoms with Gasteiger partial charge in [-0.15, -0.1) is 17.7 Å². The van der Waals surface area contributed by atoms with Gasteiger partial charge >= 0.3 is 0 Å². The second kappa shape index (κ2) is 4.30. The molecule has 0 saturated heterocycles. The van der Waals surface area contributed by atoms with Crippen LogP contribution in [0.15, 0.2) is 0 Å². The van der Waals surface area contributed by atoms with Crippen LogP contribution in [0.25, 0.3) is 0 Å². The highest BCUT2D eigenvalue weighted by atomic mass is 32.1. The Bertz CT molecular complexity index is 301. The summed E-state index contributed by atoms with van der Waals surface area (Å²) in [6.07, 6.45) is -0.601. The fraction of sp³-hybridized carbons (Fsp3) is 0.600. The number of thiol groups is 1. The van der Waals surface area contributed by atoms with Gasteiger partial charge in [0.05, 0.1) is 0 Å². The molecule has 1 heterocycles. The molecule has 0 aromatic carbocycles. The van der Waals surface area contributed by atoms with Crippen LogP contribution in [0, 0.1) is 0 Å². The predicted octanol–water partition coefficient (Wildman–Crippen LogP) is -1.53. The molecule has 13 heavy (non-hydrogen) atoms. The normalized spacial score (nSPS) is 12.8. The number of nitrogens with two attached hydrogens (primary N) is 1. The van der Waals surface area contributed by atoms with E-state index < -0.39 is 11.2 Å². The van der Waals surface area contributed by atoms with Crippen LogP contribution in [-0.4, -0.2) is 31.4 Å². The predicted molar refractivity (Wildman–Crippen MR) is 45.6 cm³/mol. The average molecular weight is 203 g/mol. The lowest BCUT2D eigenvalue weighted by atomic mass is 10.2. The fourth-order valence-electron chi connectivity index (χ4n) is 0.780. The van der Waals surface area contributed by atoms with Crippen molar-refractivity contribution in [1.82, 2.24) is 20.2 Å². The Morgan fingerprint density at radius 1 is 1.85 bits per heavy atom. The van der Waals surface area contributed by atoms with Crippen LogP contribution < -0.4 is 5.90 Å². The van der Waals surface area contributed by atoms with E-state index in [4.69, 9.17) is 5.90 Å². The summed E-state index contributed by atoms with van der Waals surface area (Å²) in [5.41, 5.74) is 0. The zero-order chi connectivity index (χ0) is 9.84. The standard InChI is InChI=1S/C5H9N5O2S/c1-10-4(7-8-9-10)2-3(12-6)5(11)13/h3H,2,6H2,1H3,(H,11,13). The Morgan fingerprint density at radius 3 is 2.92 bits per heavy atom. The van der Waals surface area contributed by atoms with Crippen molar-refractivity contribution >= 4 is 17.7 Å². The van der Waals surface area contributed by atoms with Crippen molar-refractivity contribution in [3.63, 3.8) is 0 Å². The van der Waals surface area contributed by atoms with Crippen molar-refractivity contribution in [2.24, 2.45) is 12.9 Å². The van der Waals surface area contributed by atoms with E-state index in [9.17, 15) is 4.79 Å². The summed E-state index contributed by atoms with van der Waals surface area (Å²) < 4.78 is 1.43. The average Bonchev–Trinajstić information content (AvgIpc) is 2.46.